The molecule has 0 radical (unpaired) electrons. The number of thiophene rings is 6. The summed E-state index contributed by atoms with van der Waals surface area (Å²) in [6, 6.07) is 8.27. The van der Waals surface area contributed by atoms with Crippen molar-refractivity contribution in [3.8, 4) is 0 Å². The Morgan fingerprint density at radius 3 is 1.75 bits per heavy atom. The molecule has 0 unspecified atom stereocenters. The number of carbonyl (C=O) groups excluding carboxylic acids is 3. The summed E-state index contributed by atoms with van der Waals surface area (Å²) in [5.41, 5.74) is 0.153. The van der Waals surface area contributed by atoms with Gasteiger partial charge in [-0.15, -0.1) is 68.0 Å². The molecule has 0 aromatic carbocycles. The van der Waals surface area contributed by atoms with Gasteiger partial charge in [0.2, 0.25) is 0 Å². The minimum atomic E-state index is -0.351. The third-order valence-electron chi connectivity index (χ3n) is 5.59. The molecule has 5 nitrogen and oxygen atoms in total. The van der Waals surface area contributed by atoms with E-state index in [0.29, 0.717) is 0 Å². The van der Waals surface area contributed by atoms with Crippen molar-refractivity contribution in [1.82, 2.24) is 9.80 Å². The zero-order chi connectivity index (χ0) is 25.1. The third-order valence-corrected chi connectivity index (χ3v) is 13.2. The number of fused-ring (bicyclic) bond motifs is 6. The molecule has 0 aliphatic carbocycles. The molecule has 1 aliphatic heterocycles. The first-order valence-corrected chi connectivity index (χ1v) is 15.8. The molecule has 0 spiro atoms. The maximum atomic E-state index is 12.4. The van der Waals surface area contributed by atoms with Crippen LogP contribution in [-0.4, -0.2) is 47.1 Å². The van der Waals surface area contributed by atoms with Crippen LogP contribution in [0.5, 0.6) is 0 Å². The Labute approximate surface area is 234 Å². The van der Waals surface area contributed by atoms with Crippen LogP contribution in [0.25, 0.3) is 43.7 Å². The molecule has 0 atom stereocenters. The largest absolute Gasteiger partial charge is 0.297 e. The quantitative estimate of drug-likeness (QED) is 0.0880. The second-order valence-electron chi connectivity index (χ2n) is 7.80. The Balaban J connectivity index is 0.000000155. The molecule has 1 saturated heterocycles. The van der Waals surface area contributed by atoms with Crippen LogP contribution in [0.2, 0.25) is 0 Å². The maximum absolute atomic E-state index is 12.4. The van der Waals surface area contributed by atoms with Crippen LogP contribution < -0.4 is 0 Å². The highest BCUT2D eigenvalue weighted by atomic mass is 32.1. The van der Waals surface area contributed by atoms with Gasteiger partial charge >= 0.3 is 0 Å². The van der Waals surface area contributed by atoms with Gasteiger partial charge in [0.25, 0.3) is 11.8 Å². The molecule has 1 fully saturated rings. The Morgan fingerprint density at radius 2 is 1.22 bits per heavy atom. The van der Waals surface area contributed by atoms with Crippen LogP contribution in [-0.2, 0) is 9.59 Å². The summed E-state index contributed by atoms with van der Waals surface area (Å²) in [6.45, 7) is 0. The number of amides is 2. The van der Waals surface area contributed by atoms with Crippen molar-refractivity contribution >= 4 is 147 Å². The van der Waals surface area contributed by atoms with Crippen LogP contribution in [0.4, 0.5) is 0 Å². The van der Waals surface area contributed by atoms with E-state index in [-0.39, 0.29) is 22.5 Å². The second kappa shape index (κ2) is 9.21. The third kappa shape index (κ3) is 3.88. The van der Waals surface area contributed by atoms with Gasteiger partial charge in [-0.2, -0.15) is 0 Å². The van der Waals surface area contributed by atoms with Crippen molar-refractivity contribution in [3.05, 3.63) is 50.4 Å². The average Bonchev–Trinajstić information content (AvgIpc) is 3.67. The van der Waals surface area contributed by atoms with E-state index < -0.39 is 0 Å². The Kier molecular flexibility index (Phi) is 6.15. The smallest absolute Gasteiger partial charge is 0.265 e. The molecule has 6 aromatic rings. The molecular formula is C24H14N2O3S7. The minimum absolute atomic E-state index is 0.153. The lowest BCUT2D eigenvalue weighted by molar-refractivity contribution is -0.132. The minimum Gasteiger partial charge on any atom is -0.297 e. The lowest BCUT2D eigenvalue weighted by Gasteiger charge is -2.31. The van der Waals surface area contributed by atoms with E-state index in [1.807, 2.05) is 12.1 Å². The highest BCUT2D eigenvalue weighted by Crippen LogP contribution is 2.43. The predicted octanol–water partition coefficient (Wildman–Crippen LogP) is 7.77. The molecule has 2 amide bonds. The van der Waals surface area contributed by atoms with Gasteiger partial charge in [-0.1, -0.05) is 0 Å². The van der Waals surface area contributed by atoms with Crippen molar-refractivity contribution in [2.45, 2.75) is 0 Å². The number of thiocarbonyl (C=S) groups is 1. The number of nitrogens with zero attached hydrogens (tertiary/aromatic N) is 2. The van der Waals surface area contributed by atoms with Crippen LogP contribution in [0, 0.1) is 0 Å². The van der Waals surface area contributed by atoms with E-state index in [1.54, 1.807) is 88.2 Å². The molecule has 180 valence electrons. The van der Waals surface area contributed by atoms with Crippen LogP contribution in [0.15, 0.2) is 40.6 Å². The number of aldehydes is 1. The Hall–Kier alpha value is -2.32. The van der Waals surface area contributed by atoms with Gasteiger partial charge in [-0.05, 0) is 53.3 Å². The first kappa shape index (κ1) is 24.0. The molecule has 7 rings (SSSR count). The number of rotatable bonds is 2. The zero-order valence-corrected chi connectivity index (χ0v) is 24.3. The van der Waals surface area contributed by atoms with Gasteiger partial charge in [-0.3, -0.25) is 24.2 Å². The van der Waals surface area contributed by atoms with Gasteiger partial charge in [0.1, 0.15) is 5.57 Å². The fraction of sp³-hybridized carbons (Fsp3) is 0.0833. The SMILES string of the molecule is CN1C(=O)C(=Cc2cc3sc4ccsc4c3s2)C(=O)N(C)C1=S.O=Cc1cc2sc3ccsc3c2s1. The van der Waals surface area contributed by atoms with Gasteiger partial charge in [0.05, 0.1) is 23.7 Å². The standard InChI is InChI=1S/C15H10N2O2S4.C9H4OS3/c1-16-13(18)8(14(19)17(2)15(16)20)5-7-6-10-12(22-7)11-9(23-10)3-4-21-11;10-4-5-3-7-9(12-5)8-6(13-7)1-2-11-8/h3-6H,1-2H3;1-4H. The lowest BCUT2D eigenvalue weighted by atomic mass is 10.1. The van der Waals surface area contributed by atoms with E-state index in [4.69, 9.17) is 12.2 Å². The molecule has 0 N–H and O–H groups in total. The fourth-order valence-electron chi connectivity index (χ4n) is 3.82. The van der Waals surface area contributed by atoms with Gasteiger partial charge in [0, 0.05) is 37.8 Å². The van der Waals surface area contributed by atoms with Crippen molar-refractivity contribution in [2.24, 2.45) is 0 Å². The van der Waals surface area contributed by atoms with Gasteiger partial charge in [0.15, 0.2) is 11.4 Å². The Bertz CT molecular complexity index is 1850. The lowest BCUT2D eigenvalue weighted by Crippen LogP contribution is -2.52. The van der Waals surface area contributed by atoms with E-state index in [0.717, 1.165) is 16.0 Å². The summed E-state index contributed by atoms with van der Waals surface area (Å²) in [5, 5.41) is 4.41. The molecule has 7 heterocycles. The summed E-state index contributed by atoms with van der Waals surface area (Å²) >= 11 is 15.3. The van der Waals surface area contributed by atoms with Crippen LogP contribution in [0.1, 0.15) is 14.5 Å². The van der Waals surface area contributed by atoms with Crippen LogP contribution in [0.3, 0.4) is 0 Å². The Morgan fingerprint density at radius 1 is 0.722 bits per heavy atom. The van der Waals surface area contributed by atoms with E-state index in [9.17, 15) is 14.4 Å². The normalized spacial score (nSPS) is 14.5. The van der Waals surface area contributed by atoms with Crippen LogP contribution >= 0.6 is 80.2 Å². The zero-order valence-electron chi connectivity index (χ0n) is 18.6. The molecule has 1 aliphatic rings. The summed E-state index contributed by atoms with van der Waals surface area (Å²) in [6.07, 6.45) is 2.60. The van der Waals surface area contributed by atoms with E-state index in [1.165, 1.54) is 47.4 Å². The fourth-order valence-corrected chi connectivity index (χ4v) is 11.3. The molecule has 36 heavy (non-hydrogen) atoms. The van der Waals surface area contributed by atoms with Crippen molar-refractivity contribution < 1.29 is 14.4 Å². The molecular weight excluding hydrogens is 589 g/mol. The maximum Gasteiger partial charge on any atom is 0.265 e. The van der Waals surface area contributed by atoms with Gasteiger partial charge in [-0.25, -0.2) is 0 Å². The molecule has 0 bridgehead atoms. The highest BCUT2D eigenvalue weighted by Gasteiger charge is 2.35. The molecule has 12 heteroatoms. The summed E-state index contributed by atoms with van der Waals surface area (Å²) in [7, 11) is 3.17. The monoisotopic (exact) mass is 602 g/mol. The summed E-state index contributed by atoms with van der Waals surface area (Å²) in [5.74, 6) is -0.702. The second-order valence-corrected chi connectivity index (χ2v) is 14.3. The van der Waals surface area contributed by atoms with Crippen molar-refractivity contribution in [3.63, 3.8) is 0 Å². The molecule has 0 saturated carbocycles. The van der Waals surface area contributed by atoms with Crippen molar-refractivity contribution in [1.29, 1.82) is 0 Å². The average molecular weight is 603 g/mol. The topological polar surface area (TPSA) is 57.7 Å². The van der Waals surface area contributed by atoms with E-state index in [2.05, 4.69) is 22.9 Å². The number of carbonyl (C=O) groups is 3. The molecule has 6 aromatic heterocycles. The number of hydrogen-bond acceptors (Lipinski definition) is 10. The summed E-state index contributed by atoms with van der Waals surface area (Å²) in [4.78, 5) is 39.7. The predicted molar refractivity (Wildman–Crippen MR) is 162 cm³/mol. The number of likely N-dealkylation sites (N-methyl/N-ethyl adjacent to an activating group) is 2. The van der Waals surface area contributed by atoms with Crippen molar-refractivity contribution in [2.75, 3.05) is 14.1 Å². The van der Waals surface area contributed by atoms with Gasteiger partial charge < -0.3 is 0 Å². The highest BCUT2D eigenvalue weighted by molar-refractivity contribution is 7.80. The summed E-state index contributed by atoms with van der Waals surface area (Å²) < 4.78 is 10.2. The number of hydrogen-bond donors (Lipinski definition) is 0. The van der Waals surface area contributed by atoms with E-state index >= 15 is 0 Å². The first-order chi connectivity index (χ1) is 17.4. The first-order valence-electron chi connectivity index (χ1n) is 10.4.